The molecule has 3 rings (SSSR count). The summed E-state index contributed by atoms with van der Waals surface area (Å²) in [5.74, 6) is -0.779. The molecule has 1 atom stereocenters. The van der Waals surface area contributed by atoms with Gasteiger partial charge in [0.2, 0.25) is 0 Å². The van der Waals surface area contributed by atoms with Gasteiger partial charge in [-0.05, 0) is 33.8 Å². The maximum atomic E-state index is 12.8. The van der Waals surface area contributed by atoms with Crippen molar-refractivity contribution in [1.82, 2.24) is 4.90 Å². The normalized spacial score (nSPS) is 14.3. The van der Waals surface area contributed by atoms with Crippen molar-refractivity contribution in [2.75, 3.05) is 13.2 Å². The summed E-state index contributed by atoms with van der Waals surface area (Å²) < 4.78 is 5.65. The molecule has 0 fully saturated rings. The van der Waals surface area contributed by atoms with Gasteiger partial charge in [-0.15, -0.1) is 0 Å². The van der Waals surface area contributed by atoms with E-state index in [4.69, 9.17) is 4.74 Å². The van der Waals surface area contributed by atoms with Crippen molar-refractivity contribution in [3.05, 3.63) is 58.7 Å². The van der Waals surface area contributed by atoms with Gasteiger partial charge in [0.15, 0.2) is 11.6 Å². The number of nitrogens with zero attached hydrogens (tertiary/aromatic N) is 1. The van der Waals surface area contributed by atoms with Crippen molar-refractivity contribution in [3.63, 3.8) is 0 Å². The minimum absolute atomic E-state index is 0.00684. The smallest absolute Gasteiger partial charge is 0.198 e. The first-order valence-corrected chi connectivity index (χ1v) is 9.82. The van der Waals surface area contributed by atoms with Crippen LogP contribution in [-0.2, 0) is 0 Å². The Bertz CT molecular complexity index is 927. The second-order valence-electron chi connectivity index (χ2n) is 7.92. The third-order valence-electron chi connectivity index (χ3n) is 5.17. The van der Waals surface area contributed by atoms with E-state index < -0.39 is 6.10 Å². The Morgan fingerprint density at radius 2 is 1.52 bits per heavy atom. The molecule has 2 aromatic rings. The Morgan fingerprint density at radius 3 is 2.10 bits per heavy atom. The lowest BCUT2D eigenvalue weighted by molar-refractivity contribution is 0.0445. The van der Waals surface area contributed by atoms with E-state index >= 15 is 0 Å². The van der Waals surface area contributed by atoms with Crippen molar-refractivity contribution in [1.29, 1.82) is 0 Å². The highest BCUT2D eigenvalue weighted by Crippen LogP contribution is 2.35. The third kappa shape index (κ3) is 4.18. The molecule has 0 aromatic heterocycles. The number of carbonyl (C=O) groups is 2. The van der Waals surface area contributed by atoms with Gasteiger partial charge in [0.05, 0.1) is 5.56 Å². The number of hydrogen-bond acceptors (Lipinski definition) is 6. The van der Waals surface area contributed by atoms with Crippen LogP contribution in [0.15, 0.2) is 36.4 Å². The van der Waals surface area contributed by atoms with Crippen LogP contribution in [0.25, 0.3) is 0 Å². The van der Waals surface area contributed by atoms with Crippen LogP contribution in [0.4, 0.5) is 0 Å². The van der Waals surface area contributed by atoms with E-state index in [0.29, 0.717) is 12.1 Å². The average molecular weight is 397 g/mol. The molecule has 0 amide bonds. The Morgan fingerprint density at radius 1 is 0.931 bits per heavy atom. The number of aliphatic hydroxyl groups excluding tert-OH is 1. The van der Waals surface area contributed by atoms with Crippen molar-refractivity contribution in [2.45, 2.75) is 45.9 Å². The molecule has 154 valence electrons. The molecule has 6 heteroatoms. The van der Waals surface area contributed by atoms with Gasteiger partial charge in [-0.25, -0.2) is 0 Å². The second kappa shape index (κ2) is 8.35. The van der Waals surface area contributed by atoms with Crippen molar-refractivity contribution >= 4 is 11.6 Å². The second-order valence-corrected chi connectivity index (χ2v) is 7.92. The Hall–Kier alpha value is -2.70. The van der Waals surface area contributed by atoms with Crippen LogP contribution in [0.1, 0.15) is 59.5 Å². The number of aromatic hydroxyl groups is 1. The van der Waals surface area contributed by atoms with Crippen LogP contribution in [0.2, 0.25) is 0 Å². The molecule has 29 heavy (non-hydrogen) atoms. The predicted molar refractivity (Wildman–Crippen MR) is 110 cm³/mol. The average Bonchev–Trinajstić information content (AvgIpc) is 2.67. The lowest BCUT2D eigenvalue weighted by Gasteiger charge is -2.32. The fourth-order valence-corrected chi connectivity index (χ4v) is 3.77. The van der Waals surface area contributed by atoms with E-state index in [0.717, 1.165) is 0 Å². The molecule has 0 spiro atoms. The summed E-state index contributed by atoms with van der Waals surface area (Å²) in [4.78, 5) is 27.7. The highest BCUT2D eigenvalue weighted by molar-refractivity contribution is 6.29. The van der Waals surface area contributed by atoms with Crippen LogP contribution in [-0.4, -0.2) is 58.0 Å². The topological polar surface area (TPSA) is 87.1 Å². The zero-order valence-electron chi connectivity index (χ0n) is 17.2. The van der Waals surface area contributed by atoms with E-state index in [1.165, 1.54) is 12.1 Å². The van der Waals surface area contributed by atoms with Gasteiger partial charge in [0.25, 0.3) is 0 Å². The molecule has 1 aliphatic carbocycles. The number of ketones is 2. The highest BCUT2D eigenvalue weighted by Gasteiger charge is 2.32. The molecule has 0 radical (unpaired) electrons. The number of ether oxygens (including phenoxy) is 1. The molecule has 2 N–H and O–H groups in total. The summed E-state index contributed by atoms with van der Waals surface area (Å²) in [5, 5.41) is 20.7. The molecule has 2 aromatic carbocycles. The van der Waals surface area contributed by atoms with Gasteiger partial charge in [-0.2, -0.15) is 0 Å². The maximum absolute atomic E-state index is 12.8. The number of aliphatic hydroxyl groups is 1. The van der Waals surface area contributed by atoms with Gasteiger partial charge in [-0.1, -0.05) is 24.3 Å². The SMILES string of the molecule is CC(C)N(CC(O)COc1cc(O)c2c(c1)C(=O)c1ccccc1C2=O)C(C)C. The number of phenols is 1. The number of carbonyl (C=O) groups excluding carboxylic acids is 2. The molecular weight excluding hydrogens is 370 g/mol. The predicted octanol–water partition coefficient (Wildman–Crippen LogP) is 3.03. The largest absolute Gasteiger partial charge is 0.507 e. The van der Waals surface area contributed by atoms with E-state index in [1.807, 2.05) is 0 Å². The molecule has 6 nitrogen and oxygen atoms in total. The van der Waals surface area contributed by atoms with Crippen LogP contribution >= 0.6 is 0 Å². The summed E-state index contributed by atoms with van der Waals surface area (Å²) in [7, 11) is 0. The van der Waals surface area contributed by atoms with E-state index in [-0.39, 0.29) is 58.4 Å². The summed E-state index contributed by atoms with van der Waals surface area (Å²) in [5.41, 5.74) is 0.703. The lowest BCUT2D eigenvalue weighted by atomic mass is 9.83. The van der Waals surface area contributed by atoms with Crippen LogP contribution < -0.4 is 4.74 Å². The number of benzene rings is 2. The van der Waals surface area contributed by atoms with Gasteiger partial charge in [0.1, 0.15) is 24.2 Å². The molecule has 1 aliphatic rings. The molecule has 0 saturated carbocycles. The van der Waals surface area contributed by atoms with E-state index in [9.17, 15) is 19.8 Å². The lowest BCUT2D eigenvalue weighted by Crippen LogP contribution is -2.43. The molecule has 0 bridgehead atoms. The number of fused-ring (bicyclic) bond motifs is 2. The first-order chi connectivity index (χ1) is 13.7. The Labute approximate surface area is 170 Å². The van der Waals surface area contributed by atoms with Crippen LogP contribution in [0.3, 0.4) is 0 Å². The minimum Gasteiger partial charge on any atom is -0.507 e. The summed E-state index contributed by atoms with van der Waals surface area (Å²) in [6, 6.07) is 9.88. The first kappa shape index (κ1) is 21.0. The van der Waals surface area contributed by atoms with E-state index in [1.54, 1.807) is 24.3 Å². The number of phenolic OH excluding ortho intramolecular Hbond substituents is 1. The van der Waals surface area contributed by atoms with Crippen molar-refractivity contribution in [3.8, 4) is 11.5 Å². The monoisotopic (exact) mass is 397 g/mol. The summed E-state index contributed by atoms with van der Waals surface area (Å²) in [6.45, 7) is 8.71. The van der Waals surface area contributed by atoms with Gasteiger partial charge >= 0.3 is 0 Å². The fourth-order valence-electron chi connectivity index (χ4n) is 3.77. The van der Waals surface area contributed by atoms with Crippen LogP contribution in [0.5, 0.6) is 11.5 Å². The quantitative estimate of drug-likeness (QED) is 0.637. The molecular formula is C23H27NO5. The zero-order chi connectivity index (χ0) is 21.3. The first-order valence-electron chi connectivity index (χ1n) is 9.82. The fraction of sp³-hybridized carbons (Fsp3) is 0.391. The number of rotatable bonds is 7. The van der Waals surface area contributed by atoms with E-state index in [2.05, 4.69) is 32.6 Å². The zero-order valence-corrected chi connectivity index (χ0v) is 17.2. The Balaban J connectivity index is 1.79. The summed E-state index contributed by atoms with van der Waals surface area (Å²) in [6.07, 6.45) is -0.740. The molecule has 0 saturated heterocycles. The highest BCUT2D eigenvalue weighted by atomic mass is 16.5. The molecule has 1 unspecified atom stereocenters. The van der Waals surface area contributed by atoms with Crippen LogP contribution in [0, 0.1) is 0 Å². The molecule has 0 heterocycles. The summed E-state index contributed by atoms with van der Waals surface area (Å²) >= 11 is 0. The third-order valence-corrected chi connectivity index (χ3v) is 5.17. The molecule has 0 aliphatic heterocycles. The van der Waals surface area contributed by atoms with Gasteiger partial charge in [-0.3, -0.25) is 14.5 Å². The maximum Gasteiger partial charge on any atom is 0.198 e. The van der Waals surface area contributed by atoms with Crippen molar-refractivity contribution in [2.24, 2.45) is 0 Å². The Kier molecular flexibility index (Phi) is 6.05. The van der Waals surface area contributed by atoms with Gasteiger partial charge in [0, 0.05) is 41.4 Å². The minimum atomic E-state index is -0.740. The van der Waals surface area contributed by atoms with Crippen molar-refractivity contribution < 1.29 is 24.5 Å². The van der Waals surface area contributed by atoms with Gasteiger partial charge < -0.3 is 14.9 Å². The number of hydrogen-bond donors (Lipinski definition) is 2. The standard InChI is InChI=1S/C23H27NO5/c1-13(2)24(14(3)4)11-15(25)12-29-16-9-19-21(20(26)10-16)23(28)18-8-6-5-7-17(18)22(19)27/h5-10,13-15,25-26H,11-12H2,1-4H3.